The maximum atomic E-state index is 10.5. The molecule has 102 valence electrons. The molecule has 1 aromatic rings. The van der Waals surface area contributed by atoms with Gasteiger partial charge < -0.3 is 9.84 Å². The first kappa shape index (κ1) is 15.5. The molecule has 0 fully saturated rings. The van der Waals surface area contributed by atoms with Crippen molar-refractivity contribution in [1.29, 1.82) is 0 Å². The van der Waals surface area contributed by atoms with Gasteiger partial charge >= 0.3 is 0 Å². The summed E-state index contributed by atoms with van der Waals surface area (Å²) in [7, 11) is 0. The smallest absolute Gasteiger partial charge is 0.0938 e. The molecule has 0 aromatic heterocycles. The maximum Gasteiger partial charge on any atom is 0.0938 e. The molecule has 0 saturated heterocycles. The van der Waals surface area contributed by atoms with Crippen LogP contribution in [0.25, 0.3) is 0 Å². The second-order valence-corrected chi connectivity index (χ2v) is 4.92. The third-order valence-electron chi connectivity index (χ3n) is 3.61. The summed E-state index contributed by atoms with van der Waals surface area (Å²) in [5, 5.41) is 11.2. The number of halogens is 1. The van der Waals surface area contributed by atoms with Crippen molar-refractivity contribution in [1.82, 2.24) is 0 Å². The molecule has 2 nitrogen and oxygen atoms in total. The molecule has 0 amide bonds. The van der Waals surface area contributed by atoms with Gasteiger partial charge in [-0.2, -0.15) is 0 Å². The van der Waals surface area contributed by atoms with E-state index in [-0.39, 0.29) is 0 Å². The van der Waals surface area contributed by atoms with Crippen LogP contribution in [0, 0.1) is 0 Å². The van der Waals surface area contributed by atoms with Gasteiger partial charge in [-0.05, 0) is 31.4 Å². The van der Waals surface area contributed by atoms with Crippen LogP contribution >= 0.6 is 11.6 Å². The van der Waals surface area contributed by atoms with Crippen molar-refractivity contribution >= 4 is 11.6 Å². The van der Waals surface area contributed by atoms with Gasteiger partial charge in [0, 0.05) is 18.1 Å². The number of rotatable bonds is 7. The predicted octanol–water partition coefficient (Wildman–Crippen LogP) is 3.84. The van der Waals surface area contributed by atoms with Gasteiger partial charge in [0.15, 0.2) is 0 Å². The Labute approximate surface area is 115 Å². The molecule has 0 aliphatic heterocycles. The van der Waals surface area contributed by atoms with E-state index < -0.39 is 11.7 Å². The van der Waals surface area contributed by atoms with Crippen LogP contribution in [0.2, 0.25) is 5.02 Å². The Morgan fingerprint density at radius 1 is 1.22 bits per heavy atom. The van der Waals surface area contributed by atoms with Gasteiger partial charge in [0.05, 0.1) is 11.7 Å². The van der Waals surface area contributed by atoms with E-state index in [1.54, 1.807) is 0 Å². The van der Waals surface area contributed by atoms with Crippen molar-refractivity contribution in [3.05, 3.63) is 34.9 Å². The van der Waals surface area contributed by atoms with E-state index in [1.165, 1.54) is 0 Å². The second-order valence-electron chi connectivity index (χ2n) is 4.52. The topological polar surface area (TPSA) is 29.5 Å². The summed E-state index contributed by atoms with van der Waals surface area (Å²) in [6.07, 6.45) is 1.58. The average molecular weight is 271 g/mol. The number of hydrogen-bond acceptors (Lipinski definition) is 2. The molecule has 18 heavy (non-hydrogen) atoms. The molecule has 1 aromatic carbocycles. The van der Waals surface area contributed by atoms with Gasteiger partial charge in [0.1, 0.15) is 0 Å². The number of hydrogen-bond donors (Lipinski definition) is 1. The van der Waals surface area contributed by atoms with Crippen LogP contribution in [-0.4, -0.2) is 23.4 Å². The largest absolute Gasteiger partial charge is 0.390 e. The zero-order valence-electron chi connectivity index (χ0n) is 11.4. The van der Waals surface area contributed by atoms with E-state index in [2.05, 4.69) is 13.8 Å². The highest BCUT2D eigenvalue weighted by Gasteiger charge is 2.35. The van der Waals surface area contributed by atoms with E-state index in [4.69, 9.17) is 16.3 Å². The van der Waals surface area contributed by atoms with Gasteiger partial charge in [-0.25, -0.2) is 0 Å². The molecule has 1 N–H and O–H groups in total. The first-order valence-corrected chi connectivity index (χ1v) is 7.02. The Hall–Kier alpha value is -0.570. The molecular formula is C15H23ClO2. The quantitative estimate of drug-likeness (QED) is 0.816. The average Bonchev–Trinajstić information content (AvgIpc) is 2.38. The van der Waals surface area contributed by atoms with Crippen LogP contribution in [0.1, 0.15) is 39.2 Å². The summed E-state index contributed by atoms with van der Waals surface area (Å²) in [6.45, 7) is 6.67. The van der Waals surface area contributed by atoms with Crippen LogP contribution in [0.5, 0.6) is 0 Å². The fraction of sp³-hybridized carbons (Fsp3) is 0.600. The molecule has 3 heteroatoms. The van der Waals surface area contributed by atoms with E-state index in [0.29, 0.717) is 18.1 Å². The van der Waals surface area contributed by atoms with Crippen molar-refractivity contribution in [3.63, 3.8) is 0 Å². The van der Waals surface area contributed by atoms with Crippen molar-refractivity contribution in [3.8, 4) is 0 Å². The molecule has 0 saturated carbocycles. The lowest BCUT2D eigenvalue weighted by Crippen LogP contribution is -2.45. The lowest BCUT2D eigenvalue weighted by atomic mass is 9.86. The number of aliphatic hydroxyl groups excluding tert-OH is 1. The van der Waals surface area contributed by atoms with Gasteiger partial charge in [-0.15, -0.1) is 0 Å². The Morgan fingerprint density at radius 3 is 2.33 bits per heavy atom. The van der Waals surface area contributed by atoms with Gasteiger partial charge in [0.25, 0.3) is 0 Å². The highest BCUT2D eigenvalue weighted by molar-refractivity contribution is 6.31. The number of benzene rings is 1. The molecule has 1 unspecified atom stereocenters. The minimum Gasteiger partial charge on any atom is -0.390 e. The van der Waals surface area contributed by atoms with Gasteiger partial charge in [-0.1, -0.05) is 43.6 Å². The Morgan fingerprint density at radius 2 is 1.83 bits per heavy atom. The fourth-order valence-electron chi connectivity index (χ4n) is 2.37. The van der Waals surface area contributed by atoms with E-state index in [9.17, 15) is 5.11 Å². The van der Waals surface area contributed by atoms with Crippen LogP contribution in [0.3, 0.4) is 0 Å². The lowest BCUT2D eigenvalue weighted by molar-refractivity contribution is -0.124. The first-order valence-electron chi connectivity index (χ1n) is 6.65. The SMILES string of the molecule is CCOC(CC)(CC)C(O)Cc1ccccc1Cl. The summed E-state index contributed by atoms with van der Waals surface area (Å²) in [5.74, 6) is 0. The maximum absolute atomic E-state index is 10.5. The van der Waals surface area contributed by atoms with E-state index in [1.807, 2.05) is 31.2 Å². The van der Waals surface area contributed by atoms with Crippen LogP contribution in [-0.2, 0) is 11.2 Å². The normalized spacial score (nSPS) is 13.6. The standard InChI is InChI=1S/C15H23ClO2/c1-4-15(5-2,18-6-3)14(17)11-12-9-7-8-10-13(12)16/h7-10,14,17H,4-6,11H2,1-3H3. The molecule has 0 bridgehead atoms. The third-order valence-corrected chi connectivity index (χ3v) is 3.98. The highest BCUT2D eigenvalue weighted by Crippen LogP contribution is 2.29. The van der Waals surface area contributed by atoms with Crippen molar-refractivity contribution in [2.24, 2.45) is 0 Å². The summed E-state index contributed by atoms with van der Waals surface area (Å²) >= 11 is 6.13. The summed E-state index contributed by atoms with van der Waals surface area (Å²) < 4.78 is 5.81. The van der Waals surface area contributed by atoms with Crippen molar-refractivity contribution in [2.45, 2.75) is 51.7 Å². The Kier molecular flexibility index (Phi) is 6.13. The zero-order chi connectivity index (χ0) is 13.6. The Bertz CT molecular complexity index is 361. The molecule has 0 aliphatic rings. The Balaban J connectivity index is 2.85. The summed E-state index contributed by atoms with van der Waals surface area (Å²) in [6, 6.07) is 7.64. The minimum absolute atomic E-state index is 0.464. The molecule has 0 aliphatic carbocycles. The van der Waals surface area contributed by atoms with Gasteiger partial charge in [0.2, 0.25) is 0 Å². The van der Waals surface area contributed by atoms with Crippen LogP contribution in [0.15, 0.2) is 24.3 Å². The zero-order valence-corrected chi connectivity index (χ0v) is 12.2. The van der Waals surface area contributed by atoms with Crippen molar-refractivity contribution < 1.29 is 9.84 Å². The van der Waals surface area contributed by atoms with E-state index >= 15 is 0 Å². The lowest BCUT2D eigenvalue weighted by Gasteiger charge is -2.36. The molecule has 1 atom stereocenters. The summed E-state index contributed by atoms with van der Waals surface area (Å²) in [5.41, 5.74) is 0.506. The van der Waals surface area contributed by atoms with Crippen molar-refractivity contribution in [2.75, 3.05) is 6.61 Å². The monoisotopic (exact) mass is 270 g/mol. The molecule has 1 rings (SSSR count). The predicted molar refractivity (Wildman–Crippen MR) is 76.1 cm³/mol. The summed E-state index contributed by atoms with van der Waals surface area (Å²) in [4.78, 5) is 0. The molecule has 0 spiro atoms. The first-order chi connectivity index (χ1) is 8.59. The van der Waals surface area contributed by atoms with E-state index in [0.717, 1.165) is 18.4 Å². The van der Waals surface area contributed by atoms with Crippen LogP contribution in [0.4, 0.5) is 0 Å². The minimum atomic E-state index is -0.535. The number of aliphatic hydroxyl groups is 1. The molecule has 0 radical (unpaired) electrons. The molecular weight excluding hydrogens is 248 g/mol. The fourth-order valence-corrected chi connectivity index (χ4v) is 2.58. The third kappa shape index (κ3) is 3.47. The van der Waals surface area contributed by atoms with Gasteiger partial charge in [-0.3, -0.25) is 0 Å². The highest BCUT2D eigenvalue weighted by atomic mass is 35.5. The number of ether oxygens (including phenoxy) is 1. The second kappa shape index (κ2) is 7.13. The molecule has 0 heterocycles. The van der Waals surface area contributed by atoms with Crippen LogP contribution < -0.4 is 0 Å².